The molecule has 0 unspecified atom stereocenters. The molecule has 0 radical (unpaired) electrons. The molecule has 1 heterocycles. The van der Waals surface area contributed by atoms with Gasteiger partial charge in [0.15, 0.2) is 0 Å². The van der Waals surface area contributed by atoms with Gasteiger partial charge in [-0.3, -0.25) is 0 Å². The summed E-state index contributed by atoms with van der Waals surface area (Å²) in [6, 6.07) is 23.9. The number of imidazole rings is 1. The van der Waals surface area contributed by atoms with E-state index in [1.807, 2.05) is 30.3 Å². The number of phenolic OH excluding ortho intramolecular Hbond substituents is 1. The highest BCUT2D eigenvalue weighted by molar-refractivity contribution is 5.80. The molecule has 0 aliphatic rings. The van der Waals surface area contributed by atoms with Crippen LogP contribution in [0, 0.1) is 6.92 Å². The van der Waals surface area contributed by atoms with E-state index >= 15 is 0 Å². The van der Waals surface area contributed by atoms with Crippen molar-refractivity contribution in [3.8, 4) is 17.1 Å². The van der Waals surface area contributed by atoms with Crippen LogP contribution in [0.2, 0.25) is 0 Å². The number of fused-ring (bicyclic) bond motifs is 1. The van der Waals surface area contributed by atoms with Crippen LogP contribution >= 0.6 is 0 Å². The molecule has 0 aliphatic carbocycles. The normalized spacial score (nSPS) is 11.0. The zero-order chi connectivity index (χ0) is 16.5. The fourth-order valence-corrected chi connectivity index (χ4v) is 3.06. The second kappa shape index (κ2) is 5.85. The van der Waals surface area contributed by atoms with Gasteiger partial charge >= 0.3 is 0 Å². The smallest absolute Gasteiger partial charge is 0.141 e. The third-order valence-electron chi connectivity index (χ3n) is 4.20. The minimum Gasteiger partial charge on any atom is -0.508 e. The summed E-state index contributed by atoms with van der Waals surface area (Å²) in [7, 11) is 0. The fourth-order valence-electron chi connectivity index (χ4n) is 3.06. The summed E-state index contributed by atoms with van der Waals surface area (Å²) >= 11 is 0. The van der Waals surface area contributed by atoms with E-state index in [9.17, 15) is 5.11 Å². The molecule has 0 fully saturated rings. The molecule has 3 heteroatoms. The monoisotopic (exact) mass is 314 g/mol. The Morgan fingerprint density at radius 2 is 1.71 bits per heavy atom. The maximum absolute atomic E-state index is 9.55. The molecule has 0 bridgehead atoms. The maximum Gasteiger partial charge on any atom is 0.141 e. The van der Waals surface area contributed by atoms with Crippen molar-refractivity contribution in [1.82, 2.24) is 9.55 Å². The number of aromatic hydroxyl groups is 1. The molecule has 1 aromatic heterocycles. The lowest BCUT2D eigenvalue weighted by Crippen LogP contribution is -2.02. The predicted molar refractivity (Wildman–Crippen MR) is 97.1 cm³/mol. The molecular formula is C21H18N2O. The second-order valence-electron chi connectivity index (χ2n) is 6.05. The van der Waals surface area contributed by atoms with E-state index in [0.717, 1.165) is 29.0 Å². The first-order valence-electron chi connectivity index (χ1n) is 8.01. The number of para-hydroxylation sites is 2. The summed E-state index contributed by atoms with van der Waals surface area (Å²) in [5, 5.41) is 9.55. The van der Waals surface area contributed by atoms with E-state index in [1.54, 1.807) is 12.1 Å². The Hall–Kier alpha value is -3.07. The van der Waals surface area contributed by atoms with E-state index < -0.39 is 0 Å². The summed E-state index contributed by atoms with van der Waals surface area (Å²) in [4.78, 5) is 4.81. The van der Waals surface area contributed by atoms with Crippen molar-refractivity contribution in [3.63, 3.8) is 0 Å². The molecule has 3 aromatic carbocycles. The third kappa shape index (κ3) is 2.65. The molecule has 0 saturated carbocycles. The van der Waals surface area contributed by atoms with Crippen LogP contribution in [0.5, 0.6) is 5.75 Å². The molecule has 118 valence electrons. The first-order valence-corrected chi connectivity index (χ1v) is 8.01. The van der Waals surface area contributed by atoms with Crippen molar-refractivity contribution < 1.29 is 5.11 Å². The average Bonchev–Trinajstić information content (AvgIpc) is 2.94. The number of aryl methyl sites for hydroxylation is 1. The first-order chi connectivity index (χ1) is 11.7. The Balaban J connectivity index is 1.88. The zero-order valence-corrected chi connectivity index (χ0v) is 13.5. The molecule has 0 aliphatic heterocycles. The zero-order valence-electron chi connectivity index (χ0n) is 13.5. The number of aromatic nitrogens is 2. The summed E-state index contributed by atoms with van der Waals surface area (Å²) in [5.41, 5.74) is 5.59. The van der Waals surface area contributed by atoms with Gasteiger partial charge in [-0.25, -0.2) is 4.98 Å². The molecule has 0 spiro atoms. The lowest BCUT2D eigenvalue weighted by molar-refractivity contribution is 0.475. The number of hydrogen-bond acceptors (Lipinski definition) is 2. The van der Waals surface area contributed by atoms with Gasteiger partial charge in [0.25, 0.3) is 0 Å². The van der Waals surface area contributed by atoms with Gasteiger partial charge in [0.1, 0.15) is 11.6 Å². The van der Waals surface area contributed by atoms with Gasteiger partial charge in [-0.05, 0) is 48.9 Å². The van der Waals surface area contributed by atoms with Crippen LogP contribution in [0.3, 0.4) is 0 Å². The minimum absolute atomic E-state index is 0.264. The fraction of sp³-hybridized carbons (Fsp3) is 0.0952. The van der Waals surface area contributed by atoms with Gasteiger partial charge in [0.2, 0.25) is 0 Å². The summed E-state index contributed by atoms with van der Waals surface area (Å²) in [5.74, 6) is 1.18. The van der Waals surface area contributed by atoms with Crippen LogP contribution < -0.4 is 0 Å². The molecule has 4 aromatic rings. The predicted octanol–water partition coefficient (Wildman–Crippen LogP) is 4.77. The third-order valence-corrected chi connectivity index (χ3v) is 4.20. The highest BCUT2D eigenvalue weighted by atomic mass is 16.3. The Kier molecular flexibility index (Phi) is 3.54. The molecule has 0 saturated heterocycles. The van der Waals surface area contributed by atoms with E-state index in [0.29, 0.717) is 0 Å². The standard InChI is InChI=1S/C21H18N2O/c1-15-5-4-6-16(13-15)14-23-20-8-3-2-7-19(20)22-21(23)17-9-11-18(24)12-10-17/h2-13,24H,14H2,1H3. The highest BCUT2D eigenvalue weighted by Gasteiger charge is 2.12. The van der Waals surface area contributed by atoms with Gasteiger partial charge in [0, 0.05) is 12.1 Å². The number of hydrogen-bond donors (Lipinski definition) is 1. The van der Waals surface area contributed by atoms with E-state index in [1.165, 1.54) is 11.1 Å². The summed E-state index contributed by atoms with van der Waals surface area (Å²) in [6.07, 6.45) is 0. The molecule has 4 rings (SSSR count). The first kappa shape index (κ1) is 14.5. The Bertz CT molecular complexity index is 1000. The lowest BCUT2D eigenvalue weighted by atomic mass is 10.1. The van der Waals surface area contributed by atoms with Crippen LogP contribution in [0.25, 0.3) is 22.4 Å². The quantitative estimate of drug-likeness (QED) is 0.592. The van der Waals surface area contributed by atoms with Crippen molar-refractivity contribution in [3.05, 3.63) is 83.9 Å². The number of nitrogens with zero attached hydrogens (tertiary/aromatic N) is 2. The number of rotatable bonds is 3. The Morgan fingerprint density at radius 1 is 0.917 bits per heavy atom. The summed E-state index contributed by atoms with van der Waals surface area (Å²) in [6.45, 7) is 2.87. The van der Waals surface area contributed by atoms with Crippen LogP contribution in [-0.2, 0) is 6.54 Å². The van der Waals surface area contributed by atoms with Gasteiger partial charge in [-0.15, -0.1) is 0 Å². The Morgan fingerprint density at radius 3 is 2.50 bits per heavy atom. The van der Waals surface area contributed by atoms with Crippen LogP contribution in [0.4, 0.5) is 0 Å². The van der Waals surface area contributed by atoms with Gasteiger partial charge < -0.3 is 9.67 Å². The largest absolute Gasteiger partial charge is 0.508 e. The van der Waals surface area contributed by atoms with Crippen molar-refractivity contribution in [2.24, 2.45) is 0 Å². The number of benzene rings is 3. The molecule has 1 N–H and O–H groups in total. The van der Waals surface area contributed by atoms with Crippen molar-refractivity contribution in [1.29, 1.82) is 0 Å². The van der Waals surface area contributed by atoms with Crippen molar-refractivity contribution in [2.75, 3.05) is 0 Å². The van der Waals surface area contributed by atoms with Crippen LogP contribution in [0.1, 0.15) is 11.1 Å². The Labute approximate surface area is 140 Å². The molecule has 0 atom stereocenters. The highest BCUT2D eigenvalue weighted by Crippen LogP contribution is 2.27. The van der Waals surface area contributed by atoms with Gasteiger partial charge in [-0.1, -0.05) is 42.0 Å². The van der Waals surface area contributed by atoms with Crippen molar-refractivity contribution in [2.45, 2.75) is 13.5 Å². The van der Waals surface area contributed by atoms with E-state index in [4.69, 9.17) is 4.98 Å². The van der Waals surface area contributed by atoms with Crippen LogP contribution in [-0.4, -0.2) is 14.7 Å². The second-order valence-corrected chi connectivity index (χ2v) is 6.05. The molecule has 3 nitrogen and oxygen atoms in total. The molecular weight excluding hydrogens is 296 g/mol. The lowest BCUT2D eigenvalue weighted by Gasteiger charge is -2.10. The van der Waals surface area contributed by atoms with Gasteiger partial charge in [0.05, 0.1) is 11.0 Å². The topological polar surface area (TPSA) is 38.0 Å². The van der Waals surface area contributed by atoms with E-state index in [2.05, 4.69) is 41.8 Å². The van der Waals surface area contributed by atoms with Crippen molar-refractivity contribution >= 4 is 11.0 Å². The molecule has 0 amide bonds. The van der Waals surface area contributed by atoms with E-state index in [-0.39, 0.29) is 5.75 Å². The minimum atomic E-state index is 0.264. The SMILES string of the molecule is Cc1cccc(Cn2c(-c3ccc(O)cc3)nc3ccccc32)c1. The maximum atomic E-state index is 9.55. The van der Waals surface area contributed by atoms with Gasteiger partial charge in [-0.2, -0.15) is 0 Å². The summed E-state index contributed by atoms with van der Waals surface area (Å²) < 4.78 is 2.23. The molecule has 24 heavy (non-hydrogen) atoms. The number of phenols is 1. The average molecular weight is 314 g/mol. The van der Waals surface area contributed by atoms with Crippen LogP contribution in [0.15, 0.2) is 72.8 Å².